The number of anilines is 1. The van der Waals surface area contributed by atoms with E-state index in [0.717, 1.165) is 17.6 Å². The SMILES string of the molecule is Cc1ccc(C(CNc2ccc(C#N)c(C(F)(F)F)c2)N2CCOCC2)o1. The van der Waals surface area contributed by atoms with Gasteiger partial charge in [-0.3, -0.25) is 4.90 Å². The molecule has 1 unspecified atom stereocenters. The highest BCUT2D eigenvalue weighted by Crippen LogP contribution is 2.34. The lowest BCUT2D eigenvalue weighted by atomic mass is 10.1. The smallest absolute Gasteiger partial charge is 0.417 e. The van der Waals surface area contributed by atoms with Gasteiger partial charge < -0.3 is 14.5 Å². The van der Waals surface area contributed by atoms with Crippen LogP contribution < -0.4 is 5.32 Å². The lowest BCUT2D eigenvalue weighted by Crippen LogP contribution is -2.41. The molecule has 5 nitrogen and oxygen atoms in total. The van der Waals surface area contributed by atoms with E-state index in [1.807, 2.05) is 19.1 Å². The lowest BCUT2D eigenvalue weighted by molar-refractivity contribution is -0.137. The molecule has 1 aliphatic rings. The number of nitrogens with zero attached hydrogens (tertiary/aromatic N) is 2. The molecule has 2 aromatic rings. The predicted octanol–water partition coefficient (Wildman–Crippen LogP) is 3.96. The third-order valence-electron chi connectivity index (χ3n) is 4.52. The van der Waals surface area contributed by atoms with Gasteiger partial charge in [-0.05, 0) is 37.3 Å². The number of benzene rings is 1. The van der Waals surface area contributed by atoms with Crippen LogP contribution in [0.15, 0.2) is 34.7 Å². The highest BCUT2D eigenvalue weighted by molar-refractivity contribution is 5.53. The number of morpholine rings is 1. The first-order valence-corrected chi connectivity index (χ1v) is 8.62. The number of nitriles is 1. The van der Waals surface area contributed by atoms with E-state index in [1.165, 1.54) is 12.1 Å². The third kappa shape index (κ3) is 4.62. The van der Waals surface area contributed by atoms with E-state index in [9.17, 15) is 13.2 Å². The van der Waals surface area contributed by atoms with Crippen LogP contribution >= 0.6 is 0 Å². The van der Waals surface area contributed by atoms with E-state index in [4.69, 9.17) is 14.4 Å². The molecule has 8 heteroatoms. The van der Waals surface area contributed by atoms with Crippen molar-refractivity contribution in [2.75, 3.05) is 38.2 Å². The average Bonchev–Trinajstić information content (AvgIpc) is 3.08. The molecule has 0 bridgehead atoms. The van der Waals surface area contributed by atoms with E-state index in [-0.39, 0.29) is 11.6 Å². The van der Waals surface area contributed by atoms with Crippen LogP contribution in [0.4, 0.5) is 18.9 Å². The monoisotopic (exact) mass is 379 g/mol. The summed E-state index contributed by atoms with van der Waals surface area (Å²) in [7, 11) is 0. The molecule has 0 radical (unpaired) electrons. The van der Waals surface area contributed by atoms with Crippen LogP contribution in [-0.2, 0) is 10.9 Å². The van der Waals surface area contributed by atoms with Crippen molar-refractivity contribution in [3.8, 4) is 6.07 Å². The van der Waals surface area contributed by atoms with Crippen molar-refractivity contribution in [2.45, 2.75) is 19.1 Å². The van der Waals surface area contributed by atoms with Gasteiger partial charge in [-0.15, -0.1) is 0 Å². The van der Waals surface area contributed by atoms with Gasteiger partial charge in [-0.2, -0.15) is 18.4 Å². The number of nitrogens with one attached hydrogen (secondary N) is 1. The standard InChI is InChI=1S/C19H20F3N3O2/c1-13-2-5-18(27-13)17(25-6-8-26-9-7-25)12-24-15-4-3-14(11-23)16(10-15)19(20,21)22/h2-5,10,17,24H,6-9,12H2,1H3. The van der Waals surface area contributed by atoms with Crippen LogP contribution in [0, 0.1) is 18.3 Å². The maximum absolute atomic E-state index is 13.2. The fraction of sp³-hybridized carbons (Fsp3) is 0.421. The van der Waals surface area contributed by atoms with E-state index in [0.29, 0.717) is 38.5 Å². The molecular weight excluding hydrogens is 359 g/mol. The molecule has 1 aromatic carbocycles. The Hall–Kier alpha value is -2.50. The Morgan fingerprint density at radius 1 is 1.22 bits per heavy atom. The van der Waals surface area contributed by atoms with Crippen molar-refractivity contribution in [3.63, 3.8) is 0 Å². The van der Waals surface area contributed by atoms with Crippen LogP contribution in [0.3, 0.4) is 0 Å². The summed E-state index contributed by atoms with van der Waals surface area (Å²) < 4.78 is 50.6. The molecule has 0 amide bonds. The molecule has 3 rings (SSSR count). The zero-order valence-corrected chi connectivity index (χ0v) is 14.8. The largest absolute Gasteiger partial charge is 0.465 e. The minimum absolute atomic E-state index is 0.132. The second-order valence-corrected chi connectivity index (χ2v) is 6.36. The Balaban J connectivity index is 1.80. The third-order valence-corrected chi connectivity index (χ3v) is 4.52. The molecule has 1 fully saturated rings. The van der Waals surface area contributed by atoms with E-state index >= 15 is 0 Å². The van der Waals surface area contributed by atoms with Gasteiger partial charge in [0, 0.05) is 25.3 Å². The summed E-state index contributed by atoms with van der Waals surface area (Å²) in [5.41, 5.74) is -1.02. The summed E-state index contributed by atoms with van der Waals surface area (Å²) in [6.07, 6.45) is -4.58. The summed E-state index contributed by atoms with van der Waals surface area (Å²) in [5, 5.41) is 12.0. The summed E-state index contributed by atoms with van der Waals surface area (Å²) in [4.78, 5) is 2.18. The van der Waals surface area contributed by atoms with E-state index in [1.54, 1.807) is 6.07 Å². The van der Waals surface area contributed by atoms with Crippen LogP contribution in [-0.4, -0.2) is 37.7 Å². The maximum atomic E-state index is 13.2. The van der Waals surface area contributed by atoms with Crippen molar-refractivity contribution >= 4 is 5.69 Å². The van der Waals surface area contributed by atoms with Gasteiger partial charge in [0.05, 0.1) is 36.5 Å². The first kappa shape index (κ1) is 19.3. The topological polar surface area (TPSA) is 61.4 Å². The van der Waals surface area contributed by atoms with Crippen molar-refractivity contribution < 1.29 is 22.3 Å². The molecule has 0 saturated carbocycles. The van der Waals surface area contributed by atoms with Gasteiger partial charge in [0.2, 0.25) is 0 Å². The summed E-state index contributed by atoms with van der Waals surface area (Å²) in [6.45, 7) is 4.86. The Labute approximate surface area is 155 Å². The molecule has 2 heterocycles. The van der Waals surface area contributed by atoms with Crippen molar-refractivity contribution in [1.29, 1.82) is 5.26 Å². The zero-order chi connectivity index (χ0) is 19.4. The number of halogens is 3. The number of ether oxygens (including phenoxy) is 1. The molecule has 0 spiro atoms. The molecule has 1 aliphatic heterocycles. The number of alkyl halides is 3. The van der Waals surface area contributed by atoms with Crippen LogP contribution in [0.25, 0.3) is 0 Å². The zero-order valence-electron chi connectivity index (χ0n) is 14.8. The van der Waals surface area contributed by atoms with Crippen molar-refractivity contribution in [1.82, 2.24) is 4.90 Å². The van der Waals surface area contributed by atoms with Gasteiger partial charge >= 0.3 is 6.18 Å². The molecule has 0 aliphatic carbocycles. The average molecular weight is 379 g/mol. The van der Waals surface area contributed by atoms with Crippen molar-refractivity contribution in [2.24, 2.45) is 0 Å². The van der Waals surface area contributed by atoms with E-state index in [2.05, 4.69) is 10.2 Å². The van der Waals surface area contributed by atoms with E-state index < -0.39 is 11.7 Å². The molecule has 1 saturated heterocycles. The number of rotatable bonds is 5. The molecular formula is C19H20F3N3O2. The molecule has 144 valence electrons. The lowest BCUT2D eigenvalue weighted by Gasteiger charge is -2.33. The maximum Gasteiger partial charge on any atom is 0.417 e. The molecule has 1 atom stereocenters. The minimum Gasteiger partial charge on any atom is -0.465 e. The van der Waals surface area contributed by atoms with Crippen LogP contribution in [0.5, 0.6) is 0 Å². The van der Waals surface area contributed by atoms with Gasteiger partial charge in [-0.1, -0.05) is 0 Å². The second kappa shape index (κ2) is 8.03. The molecule has 27 heavy (non-hydrogen) atoms. The summed E-state index contributed by atoms with van der Waals surface area (Å²) in [6, 6.07) is 8.86. The Bertz CT molecular complexity index is 820. The Kier molecular flexibility index (Phi) is 5.73. The first-order valence-electron chi connectivity index (χ1n) is 8.62. The predicted molar refractivity (Wildman–Crippen MR) is 93.2 cm³/mol. The quantitative estimate of drug-likeness (QED) is 0.852. The number of hydrogen-bond donors (Lipinski definition) is 1. The first-order chi connectivity index (χ1) is 12.9. The Morgan fingerprint density at radius 3 is 2.56 bits per heavy atom. The second-order valence-electron chi connectivity index (χ2n) is 6.36. The van der Waals surface area contributed by atoms with Crippen molar-refractivity contribution in [3.05, 3.63) is 53.0 Å². The fourth-order valence-electron chi connectivity index (χ4n) is 3.13. The van der Waals surface area contributed by atoms with Gasteiger partial charge in [-0.25, -0.2) is 0 Å². The number of hydrogen-bond acceptors (Lipinski definition) is 5. The number of aryl methyl sites for hydroxylation is 1. The van der Waals surface area contributed by atoms with Crippen LogP contribution in [0.1, 0.15) is 28.7 Å². The minimum atomic E-state index is -4.58. The van der Waals surface area contributed by atoms with Gasteiger partial charge in [0.15, 0.2) is 0 Å². The molecule has 1 N–H and O–H groups in total. The Morgan fingerprint density at radius 2 is 1.96 bits per heavy atom. The highest BCUT2D eigenvalue weighted by atomic mass is 19.4. The summed E-state index contributed by atoms with van der Waals surface area (Å²) >= 11 is 0. The van der Waals surface area contributed by atoms with Crippen LogP contribution in [0.2, 0.25) is 0 Å². The van der Waals surface area contributed by atoms with Gasteiger partial charge in [0.25, 0.3) is 0 Å². The summed E-state index contributed by atoms with van der Waals surface area (Å²) in [5.74, 6) is 1.53. The normalized spacial score (nSPS) is 16.7. The molecule has 1 aromatic heterocycles. The highest BCUT2D eigenvalue weighted by Gasteiger charge is 2.34. The number of furan rings is 1. The van der Waals surface area contributed by atoms with Gasteiger partial charge in [0.1, 0.15) is 11.5 Å². The fourth-order valence-corrected chi connectivity index (χ4v) is 3.13.